The molecule has 1 fully saturated rings. The maximum atomic E-state index is 12.2. The van der Waals surface area contributed by atoms with E-state index in [1.54, 1.807) is 0 Å². The summed E-state index contributed by atoms with van der Waals surface area (Å²) in [5.74, 6) is -0.934. The zero-order valence-electron chi connectivity index (χ0n) is 12.3. The molecule has 0 spiro atoms. The second-order valence-electron chi connectivity index (χ2n) is 5.93. The number of hydrogen-bond acceptors (Lipinski definition) is 2. The molecule has 3 N–H and O–H groups in total. The van der Waals surface area contributed by atoms with Gasteiger partial charge >= 0.3 is 12.0 Å². The Morgan fingerprint density at radius 2 is 1.86 bits per heavy atom. The summed E-state index contributed by atoms with van der Waals surface area (Å²) in [5, 5.41) is 14.8. The minimum atomic E-state index is -0.934. The number of carbonyl (C=O) groups is 2. The molecule has 21 heavy (non-hydrogen) atoms. The number of urea groups is 1. The van der Waals surface area contributed by atoms with Crippen LogP contribution in [-0.4, -0.2) is 22.6 Å². The van der Waals surface area contributed by atoms with Gasteiger partial charge in [-0.3, -0.25) is 4.79 Å². The largest absolute Gasteiger partial charge is 0.481 e. The molecule has 5 heteroatoms. The van der Waals surface area contributed by atoms with Gasteiger partial charge in [0.2, 0.25) is 0 Å². The topological polar surface area (TPSA) is 78.4 Å². The lowest BCUT2D eigenvalue weighted by Gasteiger charge is -2.27. The van der Waals surface area contributed by atoms with Crippen molar-refractivity contribution in [3.63, 3.8) is 0 Å². The van der Waals surface area contributed by atoms with E-state index in [0.717, 1.165) is 31.2 Å². The Morgan fingerprint density at radius 3 is 2.43 bits per heavy atom. The van der Waals surface area contributed by atoms with E-state index in [0.29, 0.717) is 0 Å². The summed E-state index contributed by atoms with van der Waals surface area (Å²) < 4.78 is 0. The summed E-state index contributed by atoms with van der Waals surface area (Å²) >= 11 is 0. The van der Waals surface area contributed by atoms with Crippen LogP contribution in [0.5, 0.6) is 0 Å². The number of rotatable bonds is 5. The van der Waals surface area contributed by atoms with Gasteiger partial charge in [-0.2, -0.15) is 0 Å². The molecule has 1 aromatic rings. The molecule has 0 heterocycles. The molecule has 0 aliphatic heterocycles. The van der Waals surface area contributed by atoms with Crippen LogP contribution in [0.4, 0.5) is 4.79 Å². The van der Waals surface area contributed by atoms with Gasteiger partial charge in [0.1, 0.15) is 0 Å². The first-order valence-electron chi connectivity index (χ1n) is 7.34. The number of carbonyl (C=O) groups excluding carboxylic acids is 1. The van der Waals surface area contributed by atoms with Crippen molar-refractivity contribution in [1.29, 1.82) is 0 Å². The summed E-state index contributed by atoms with van der Waals surface area (Å²) in [6.45, 7) is 2.04. The van der Waals surface area contributed by atoms with Gasteiger partial charge in [-0.25, -0.2) is 4.79 Å². The van der Waals surface area contributed by atoms with Crippen molar-refractivity contribution >= 4 is 12.0 Å². The van der Waals surface area contributed by atoms with E-state index in [2.05, 4.69) is 10.6 Å². The van der Waals surface area contributed by atoms with E-state index < -0.39 is 12.0 Å². The highest BCUT2D eigenvalue weighted by Crippen LogP contribution is 2.28. The van der Waals surface area contributed by atoms with Crippen LogP contribution in [0.15, 0.2) is 30.3 Å². The SMILES string of the molecule is CC1(NC(=O)NC(CC(=O)O)c2ccccc2)CCCC1. The van der Waals surface area contributed by atoms with E-state index >= 15 is 0 Å². The average molecular weight is 290 g/mol. The van der Waals surface area contributed by atoms with Crippen molar-refractivity contribution in [2.24, 2.45) is 0 Å². The van der Waals surface area contributed by atoms with Crippen LogP contribution >= 0.6 is 0 Å². The van der Waals surface area contributed by atoms with Gasteiger partial charge in [-0.15, -0.1) is 0 Å². The Bertz CT molecular complexity index is 496. The molecule has 1 aliphatic carbocycles. The highest BCUT2D eigenvalue weighted by atomic mass is 16.4. The van der Waals surface area contributed by atoms with Gasteiger partial charge in [0.05, 0.1) is 12.5 Å². The summed E-state index contributed by atoms with van der Waals surface area (Å²) in [4.78, 5) is 23.2. The Morgan fingerprint density at radius 1 is 1.24 bits per heavy atom. The van der Waals surface area contributed by atoms with E-state index in [9.17, 15) is 9.59 Å². The Hall–Kier alpha value is -2.04. The van der Waals surface area contributed by atoms with E-state index in [-0.39, 0.29) is 18.0 Å². The summed E-state index contributed by atoms with van der Waals surface area (Å²) in [5.41, 5.74) is 0.626. The van der Waals surface area contributed by atoms with Crippen LogP contribution in [0.25, 0.3) is 0 Å². The van der Waals surface area contributed by atoms with Crippen LogP contribution < -0.4 is 10.6 Å². The monoisotopic (exact) mass is 290 g/mol. The highest BCUT2D eigenvalue weighted by molar-refractivity contribution is 5.76. The quantitative estimate of drug-likeness (QED) is 0.780. The van der Waals surface area contributed by atoms with Gasteiger partial charge in [-0.1, -0.05) is 43.2 Å². The molecule has 114 valence electrons. The fourth-order valence-corrected chi connectivity index (χ4v) is 2.86. The second kappa shape index (κ2) is 6.61. The maximum absolute atomic E-state index is 12.2. The van der Waals surface area contributed by atoms with Crippen molar-refractivity contribution in [3.05, 3.63) is 35.9 Å². The highest BCUT2D eigenvalue weighted by Gasteiger charge is 2.31. The maximum Gasteiger partial charge on any atom is 0.315 e. The van der Waals surface area contributed by atoms with Crippen molar-refractivity contribution in [2.75, 3.05) is 0 Å². The lowest BCUT2D eigenvalue weighted by atomic mass is 10.0. The second-order valence-corrected chi connectivity index (χ2v) is 5.93. The first-order chi connectivity index (χ1) is 9.98. The molecule has 2 amide bonds. The van der Waals surface area contributed by atoms with E-state index in [1.807, 2.05) is 37.3 Å². The molecular formula is C16H22N2O3. The summed E-state index contributed by atoms with van der Waals surface area (Å²) in [6.07, 6.45) is 4.04. The first-order valence-corrected chi connectivity index (χ1v) is 7.34. The predicted octanol–water partition coefficient (Wildman–Crippen LogP) is 2.83. The molecular weight excluding hydrogens is 268 g/mol. The van der Waals surface area contributed by atoms with E-state index in [4.69, 9.17) is 5.11 Å². The fourth-order valence-electron chi connectivity index (χ4n) is 2.86. The zero-order valence-corrected chi connectivity index (χ0v) is 12.3. The number of carboxylic acids is 1. The van der Waals surface area contributed by atoms with Gasteiger partial charge in [0, 0.05) is 5.54 Å². The van der Waals surface area contributed by atoms with E-state index in [1.165, 1.54) is 0 Å². The summed E-state index contributed by atoms with van der Waals surface area (Å²) in [7, 11) is 0. The molecule has 1 saturated carbocycles. The fraction of sp³-hybridized carbons (Fsp3) is 0.500. The average Bonchev–Trinajstić information content (AvgIpc) is 2.84. The van der Waals surface area contributed by atoms with Crippen LogP contribution in [-0.2, 0) is 4.79 Å². The number of aliphatic carboxylic acids is 1. The molecule has 5 nitrogen and oxygen atoms in total. The third-order valence-corrected chi connectivity index (χ3v) is 4.01. The molecule has 0 aromatic heterocycles. The number of amides is 2. The Labute approximate surface area is 124 Å². The number of hydrogen-bond donors (Lipinski definition) is 3. The number of benzene rings is 1. The first kappa shape index (κ1) is 15.4. The van der Waals surface area contributed by atoms with Crippen molar-refractivity contribution < 1.29 is 14.7 Å². The molecule has 0 bridgehead atoms. The standard InChI is InChI=1S/C16H22N2O3/c1-16(9-5-6-10-16)18-15(21)17-13(11-14(19)20)12-7-3-2-4-8-12/h2-4,7-8,13H,5-6,9-11H2,1H3,(H,19,20)(H2,17,18,21). The van der Waals surface area contributed by atoms with Gasteiger partial charge in [0.15, 0.2) is 0 Å². The summed E-state index contributed by atoms with van der Waals surface area (Å²) in [6, 6.07) is 8.37. The Kier molecular flexibility index (Phi) is 4.83. The van der Waals surface area contributed by atoms with Crippen LogP contribution in [0.2, 0.25) is 0 Å². The van der Waals surface area contributed by atoms with Crippen molar-refractivity contribution in [2.45, 2.75) is 50.6 Å². The smallest absolute Gasteiger partial charge is 0.315 e. The van der Waals surface area contributed by atoms with Crippen LogP contribution in [0.1, 0.15) is 50.6 Å². The van der Waals surface area contributed by atoms with Gasteiger partial charge in [-0.05, 0) is 25.3 Å². The molecule has 2 rings (SSSR count). The van der Waals surface area contributed by atoms with Gasteiger partial charge in [0.25, 0.3) is 0 Å². The van der Waals surface area contributed by atoms with Crippen molar-refractivity contribution in [3.8, 4) is 0 Å². The third-order valence-electron chi connectivity index (χ3n) is 4.01. The van der Waals surface area contributed by atoms with Gasteiger partial charge < -0.3 is 15.7 Å². The minimum Gasteiger partial charge on any atom is -0.481 e. The minimum absolute atomic E-state index is 0.131. The van der Waals surface area contributed by atoms with Crippen LogP contribution in [0.3, 0.4) is 0 Å². The predicted molar refractivity (Wildman–Crippen MR) is 80.0 cm³/mol. The normalized spacial score (nSPS) is 18.0. The van der Waals surface area contributed by atoms with Crippen molar-refractivity contribution in [1.82, 2.24) is 10.6 Å². The Balaban J connectivity index is 2.01. The number of nitrogens with one attached hydrogen (secondary N) is 2. The molecule has 1 unspecified atom stereocenters. The molecule has 0 saturated heterocycles. The molecule has 1 aromatic carbocycles. The third kappa shape index (κ3) is 4.48. The lowest BCUT2D eigenvalue weighted by Crippen LogP contribution is -2.49. The zero-order chi connectivity index (χ0) is 15.3. The molecule has 0 radical (unpaired) electrons. The molecule has 1 atom stereocenters. The molecule has 1 aliphatic rings. The van der Waals surface area contributed by atoms with Crippen LogP contribution in [0, 0.1) is 0 Å². The number of carboxylic acid groups (broad SMARTS) is 1. The lowest BCUT2D eigenvalue weighted by molar-refractivity contribution is -0.137.